The minimum Gasteiger partial charge on any atom is -0.480 e. The van der Waals surface area contributed by atoms with Crippen LogP contribution in [0.4, 0.5) is 0 Å². The van der Waals surface area contributed by atoms with E-state index in [0.29, 0.717) is 6.42 Å². The van der Waals surface area contributed by atoms with Gasteiger partial charge in [0.05, 0.1) is 0 Å². The van der Waals surface area contributed by atoms with Gasteiger partial charge in [0.15, 0.2) is 0 Å². The summed E-state index contributed by atoms with van der Waals surface area (Å²) in [6, 6.07) is -0.979. The van der Waals surface area contributed by atoms with Crippen molar-refractivity contribution in [3.63, 3.8) is 0 Å². The first-order chi connectivity index (χ1) is 7.31. The van der Waals surface area contributed by atoms with Crippen LogP contribution in [0.2, 0.25) is 0 Å². The van der Waals surface area contributed by atoms with Crippen LogP contribution >= 0.6 is 0 Å². The van der Waals surface area contributed by atoms with E-state index in [4.69, 9.17) is 10.8 Å². The Morgan fingerprint density at radius 1 is 1.38 bits per heavy atom. The number of carboxylic acid groups (broad SMARTS) is 1. The SMILES string of the molecule is CCC(C(=O)O)N(C)C(=O)CC(N)C(C)C. The molecule has 0 aliphatic heterocycles. The van der Waals surface area contributed by atoms with Crippen molar-refractivity contribution in [1.82, 2.24) is 4.90 Å². The predicted molar refractivity (Wildman–Crippen MR) is 61.9 cm³/mol. The number of carbonyl (C=O) groups excluding carboxylic acids is 1. The van der Waals surface area contributed by atoms with E-state index in [2.05, 4.69) is 0 Å². The molecule has 0 saturated carbocycles. The van der Waals surface area contributed by atoms with Gasteiger partial charge in [0, 0.05) is 19.5 Å². The number of carbonyl (C=O) groups is 2. The Morgan fingerprint density at radius 3 is 2.19 bits per heavy atom. The van der Waals surface area contributed by atoms with Gasteiger partial charge in [-0.25, -0.2) is 4.79 Å². The van der Waals surface area contributed by atoms with Gasteiger partial charge in [0.25, 0.3) is 0 Å². The number of hydrogen-bond donors (Lipinski definition) is 2. The number of amides is 1. The molecule has 0 bridgehead atoms. The fourth-order valence-corrected chi connectivity index (χ4v) is 1.37. The molecule has 2 unspecified atom stereocenters. The van der Waals surface area contributed by atoms with E-state index in [1.165, 1.54) is 11.9 Å². The monoisotopic (exact) mass is 230 g/mol. The maximum atomic E-state index is 11.7. The normalized spacial score (nSPS) is 14.6. The van der Waals surface area contributed by atoms with Gasteiger partial charge in [0.1, 0.15) is 6.04 Å². The third kappa shape index (κ3) is 4.18. The molecule has 0 spiro atoms. The van der Waals surface area contributed by atoms with Gasteiger partial charge in [-0.3, -0.25) is 4.79 Å². The van der Waals surface area contributed by atoms with Crippen LogP contribution in [-0.4, -0.2) is 41.0 Å². The van der Waals surface area contributed by atoms with Crippen molar-refractivity contribution < 1.29 is 14.7 Å². The Bertz CT molecular complexity index is 254. The van der Waals surface area contributed by atoms with Crippen molar-refractivity contribution in [3.05, 3.63) is 0 Å². The zero-order valence-electron chi connectivity index (χ0n) is 10.4. The first-order valence-corrected chi connectivity index (χ1v) is 5.55. The van der Waals surface area contributed by atoms with Crippen LogP contribution in [0.15, 0.2) is 0 Å². The molecule has 2 atom stereocenters. The average molecular weight is 230 g/mol. The lowest BCUT2D eigenvalue weighted by Gasteiger charge is -2.26. The van der Waals surface area contributed by atoms with Crippen molar-refractivity contribution in [2.45, 2.75) is 45.7 Å². The fraction of sp³-hybridized carbons (Fsp3) is 0.818. The molecule has 0 radical (unpaired) electrons. The molecule has 0 rings (SSSR count). The molecule has 16 heavy (non-hydrogen) atoms. The summed E-state index contributed by atoms with van der Waals surface area (Å²) in [5.41, 5.74) is 5.78. The quantitative estimate of drug-likeness (QED) is 0.703. The molecule has 94 valence electrons. The second-order valence-electron chi connectivity index (χ2n) is 4.38. The standard InChI is InChI=1S/C11H22N2O3/c1-5-9(11(15)16)13(4)10(14)6-8(12)7(2)3/h7-9H,5-6,12H2,1-4H3,(H,15,16). The maximum absolute atomic E-state index is 11.7. The largest absolute Gasteiger partial charge is 0.480 e. The Labute approximate surface area is 96.6 Å². The van der Waals surface area contributed by atoms with E-state index in [1.807, 2.05) is 13.8 Å². The van der Waals surface area contributed by atoms with Gasteiger partial charge >= 0.3 is 5.97 Å². The summed E-state index contributed by atoms with van der Waals surface area (Å²) in [5.74, 6) is -0.978. The van der Waals surface area contributed by atoms with E-state index in [0.717, 1.165) is 0 Å². The van der Waals surface area contributed by atoms with Crippen LogP contribution in [0.3, 0.4) is 0 Å². The van der Waals surface area contributed by atoms with E-state index in [1.54, 1.807) is 6.92 Å². The lowest BCUT2D eigenvalue weighted by atomic mass is 10.0. The van der Waals surface area contributed by atoms with Gasteiger partial charge < -0.3 is 15.7 Å². The number of likely N-dealkylation sites (N-methyl/N-ethyl adjacent to an activating group) is 1. The third-order valence-electron chi connectivity index (χ3n) is 2.80. The van der Waals surface area contributed by atoms with Crippen LogP contribution in [-0.2, 0) is 9.59 Å². The third-order valence-corrected chi connectivity index (χ3v) is 2.80. The number of hydrogen-bond acceptors (Lipinski definition) is 3. The van der Waals surface area contributed by atoms with E-state index >= 15 is 0 Å². The molecular weight excluding hydrogens is 208 g/mol. The number of nitrogens with two attached hydrogens (primary N) is 1. The summed E-state index contributed by atoms with van der Waals surface area (Å²) in [5, 5.41) is 8.91. The fourth-order valence-electron chi connectivity index (χ4n) is 1.37. The molecule has 0 aliphatic rings. The first-order valence-electron chi connectivity index (χ1n) is 5.55. The second kappa shape index (κ2) is 6.48. The maximum Gasteiger partial charge on any atom is 0.326 e. The summed E-state index contributed by atoms with van der Waals surface area (Å²) in [7, 11) is 1.51. The summed E-state index contributed by atoms with van der Waals surface area (Å²) in [6.07, 6.45) is 0.590. The smallest absolute Gasteiger partial charge is 0.326 e. The predicted octanol–water partition coefficient (Wildman–Crippen LogP) is 0.681. The molecule has 1 amide bonds. The average Bonchev–Trinajstić information content (AvgIpc) is 2.17. The van der Waals surface area contributed by atoms with Crippen LogP contribution in [0.25, 0.3) is 0 Å². The van der Waals surface area contributed by atoms with E-state index in [9.17, 15) is 9.59 Å². The highest BCUT2D eigenvalue weighted by Crippen LogP contribution is 2.09. The minimum absolute atomic E-state index is 0.192. The lowest BCUT2D eigenvalue weighted by Crippen LogP contribution is -2.44. The highest BCUT2D eigenvalue weighted by atomic mass is 16.4. The Morgan fingerprint density at radius 2 is 1.88 bits per heavy atom. The van der Waals surface area contributed by atoms with Gasteiger partial charge in [0.2, 0.25) is 5.91 Å². The molecule has 5 heteroatoms. The molecule has 0 aromatic rings. The van der Waals surface area contributed by atoms with Crippen molar-refractivity contribution in [1.29, 1.82) is 0 Å². The van der Waals surface area contributed by atoms with Crippen LogP contribution in [0, 0.1) is 5.92 Å². The molecule has 0 heterocycles. The second-order valence-corrected chi connectivity index (χ2v) is 4.38. The number of aliphatic carboxylic acids is 1. The Hall–Kier alpha value is -1.10. The zero-order chi connectivity index (χ0) is 12.9. The van der Waals surface area contributed by atoms with Gasteiger partial charge in [-0.15, -0.1) is 0 Å². The van der Waals surface area contributed by atoms with Crippen LogP contribution in [0.5, 0.6) is 0 Å². The molecule has 0 saturated heterocycles. The molecule has 5 nitrogen and oxygen atoms in total. The highest BCUT2D eigenvalue weighted by molar-refractivity contribution is 5.83. The molecule has 0 aromatic heterocycles. The molecule has 3 N–H and O–H groups in total. The van der Waals surface area contributed by atoms with Crippen molar-refractivity contribution in [2.75, 3.05) is 7.05 Å². The van der Waals surface area contributed by atoms with Crippen molar-refractivity contribution >= 4 is 11.9 Å². The molecule has 0 fully saturated rings. The topological polar surface area (TPSA) is 83.6 Å². The van der Waals surface area contributed by atoms with Crippen molar-refractivity contribution in [2.24, 2.45) is 11.7 Å². The summed E-state index contributed by atoms with van der Waals surface area (Å²) >= 11 is 0. The zero-order valence-corrected chi connectivity index (χ0v) is 10.4. The molecule has 0 aliphatic carbocycles. The summed E-state index contributed by atoms with van der Waals surface area (Å²) in [6.45, 7) is 5.61. The number of rotatable bonds is 6. The lowest BCUT2D eigenvalue weighted by molar-refractivity contribution is -0.149. The number of nitrogens with zero attached hydrogens (tertiary/aromatic N) is 1. The van der Waals surface area contributed by atoms with E-state index < -0.39 is 12.0 Å². The Balaban J connectivity index is 4.43. The van der Waals surface area contributed by atoms with Crippen LogP contribution in [0.1, 0.15) is 33.6 Å². The first kappa shape index (κ1) is 14.9. The molecular formula is C11H22N2O3. The number of carboxylic acids is 1. The summed E-state index contributed by atoms with van der Waals surface area (Å²) in [4.78, 5) is 23.9. The highest BCUT2D eigenvalue weighted by Gasteiger charge is 2.26. The van der Waals surface area contributed by atoms with Crippen LogP contribution < -0.4 is 5.73 Å². The van der Waals surface area contributed by atoms with Gasteiger partial charge in [-0.2, -0.15) is 0 Å². The minimum atomic E-state index is -0.975. The van der Waals surface area contributed by atoms with Gasteiger partial charge in [-0.1, -0.05) is 20.8 Å². The Kier molecular flexibility index (Phi) is 6.03. The summed E-state index contributed by atoms with van der Waals surface area (Å²) < 4.78 is 0. The molecule has 0 aromatic carbocycles. The van der Waals surface area contributed by atoms with E-state index in [-0.39, 0.29) is 24.3 Å². The van der Waals surface area contributed by atoms with Crippen molar-refractivity contribution in [3.8, 4) is 0 Å². The van der Waals surface area contributed by atoms with Gasteiger partial charge in [-0.05, 0) is 12.3 Å².